The van der Waals surface area contributed by atoms with E-state index in [0.717, 1.165) is 55.3 Å². The molecule has 1 aromatic rings. The molecule has 0 aliphatic heterocycles. The van der Waals surface area contributed by atoms with Crippen LogP contribution < -0.4 is 15.2 Å². The maximum Gasteiger partial charge on any atom is 0.125 e. The first-order chi connectivity index (χ1) is 13.4. The van der Waals surface area contributed by atoms with Crippen molar-refractivity contribution in [2.24, 2.45) is 11.7 Å². The fraction of sp³-hybridized carbons (Fsp3) is 0.750. The van der Waals surface area contributed by atoms with Gasteiger partial charge in [0.05, 0.1) is 20.3 Å². The van der Waals surface area contributed by atoms with Crippen LogP contribution in [0.4, 0.5) is 0 Å². The van der Waals surface area contributed by atoms with Gasteiger partial charge in [0, 0.05) is 11.6 Å². The quantitative estimate of drug-likeness (QED) is 0.364. The molecule has 0 amide bonds. The van der Waals surface area contributed by atoms with Gasteiger partial charge in [0.15, 0.2) is 0 Å². The van der Waals surface area contributed by atoms with Gasteiger partial charge in [-0.2, -0.15) is 0 Å². The van der Waals surface area contributed by atoms with Crippen molar-refractivity contribution < 1.29 is 14.6 Å². The number of rotatable bonds is 16. The summed E-state index contributed by atoms with van der Waals surface area (Å²) in [6.07, 6.45) is 11.3. The number of aliphatic hydroxyl groups excluding tert-OH is 1. The Kier molecular flexibility index (Phi) is 12.2. The van der Waals surface area contributed by atoms with E-state index in [4.69, 9.17) is 15.2 Å². The zero-order valence-electron chi connectivity index (χ0n) is 18.6. The lowest BCUT2D eigenvalue weighted by Gasteiger charge is -2.25. The summed E-state index contributed by atoms with van der Waals surface area (Å²) in [5, 5.41) is 9.48. The molecule has 0 saturated carbocycles. The predicted octanol–water partition coefficient (Wildman–Crippen LogP) is 5.49. The van der Waals surface area contributed by atoms with E-state index in [9.17, 15) is 5.11 Å². The van der Waals surface area contributed by atoms with Gasteiger partial charge in [-0.25, -0.2) is 0 Å². The van der Waals surface area contributed by atoms with Crippen LogP contribution in [0.3, 0.4) is 0 Å². The summed E-state index contributed by atoms with van der Waals surface area (Å²) in [5.74, 6) is 2.52. The predicted molar refractivity (Wildman–Crippen MR) is 118 cm³/mol. The van der Waals surface area contributed by atoms with E-state index in [-0.39, 0.29) is 6.61 Å². The van der Waals surface area contributed by atoms with Crippen LogP contribution >= 0.6 is 0 Å². The number of hydrogen-bond acceptors (Lipinski definition) is 4. The Morgan fingerprint density at radius 3 is 2.36 bits per heavy atom. The summed E-state index contributed by atoms with van der Waals surface area (Å²) < 4.78 is 11.4. The zero-order valence-corrected chi connectivity index (χ0v) is 18.6. The van der Waals surface area contributed by atoms with E-state index in [2.05, 4.69) is 19.9 Å². The smallest absolute Gasteiger partial charge is 0.125 e. The van der Waals surface area contributed by atoms with Gasteiger partial charge in [-0.3, -0.25) is 0 Å². The van der Waals surface area contributed by atoms with Crippen molar-refractivity contribution in [2.75, 3.05) is 20.3 Å². The summed E-state index contributed by atoms with van der Waals surface area (Å²) in [4.78, 5) is 0. The maximum absolute atomic E-state index is 9.48. The van der Waals surface area contributed by atoms with Crippen LogP contribution in [0.25, 0.3) is 0 Å². The first kappa shape index (κ1) is 24.8. The molecule has 162 valence electrons. The average molecular weight is 394 g/mol. The molecule has 0 bridgehead atoms. The van der Waals surface area contributed by atoms with Crippen LogP contribution in [-0.2, 0) is 6.42 Å². The Bertz CT molecular complexity index is 527. The first-order valence-corrected chi connectivity index (χ1v) is 11.1. The van der Waals surface area contributed by atoms with E-state index in [1.807, 2.05) is 19.1 Å². The minimum absolute atomic E-state index is 0.00470. The second kappa shape index (κ2) is 13.8. The Hall–Kier alpha value is -1.26. The molecule has 0 radical (unpaired) electrons. The van der Waals surface area contributed by atoms with Crippen LogP contribution in [0.2, 0.25) is 0 Å². The van der Waals surface area contributed by atoms with E-state index >= 15 is 0 Å². The van der Waals surface area contributed by atoms with Crippen molar-refractivity contribution >= 4 is 0 Å². The number of benzene rings is 1. The molecule has 0 saturated heterocycles. The fourth-order valence-corrected chi connectivity index (χ4v) is 3.32. The van der Waals surface area contributed by atoms with Gasteiger partial charge >= 0.3 is 0 Å². The van der Waals surface area contributed by atoms with Gasteiger partial charge in [0.1, 0.15) is 11.5 Å². The van der Waals surface area contributed by atoms with Gasteiger partial charge in [-0.05, 0) is 43.2 Å². The monoisotopic (exact) mass is 393 g/mol. The van der Waals surface area contributed by atoms with Gasteiger partial charge in [0.25, 0.3) is 0 Å². The van der Waals surface area contributed by atoms with Crippen molar-refractivity contribution in [3.05, 3.63) is 23.8 Å². The second-order valence-corrected chi connectivity index (χ2v) is 8.50. The number of methoxy groups -OCH3 is 1. The first-order valence-electron chi connectivity index (χ1n) is 11.1. The largest absolute Gasteiger partial charge is 0.496 e. The van der Waals surface area contributed by atoms with Crippen LogP contribution in [0.5, 0.6) is 11.5 Å². The van der Waals surface area contributed by atoms with Crippen LogP contribution in [0.15, 0.2) is 18.2 Å². The van der Waals surface area contributed by atoms with Crippen molar-refractivity contribution in [1.82, 2.24) is 0 Å². The van der Waals surface area contributed by atoms with Gasteiger partial charge in [0.2, 0.25) is 0 Å². The number of aliphatic hydroxyl groups is 1. The minimum atomic E-state index is -0.519. The van der Waals surface area contributed by atoms with Gasteiger partial charge < -0.3 is 20.3 Å². The SMILES string of the molecule is CC[C@@](N)(CO)CCc1ccc(OCCCCCCCCC(C)C)cc1OC. The molecule has 0 aliphatic carbocycles. The summed E-state index contributed by atoms with van der Waals surface area (Å²) in [6.45, 7) is 7.36. The molecule has 4 nitrogen and oxygen atoms in total. The number of hydrogen-bond donors (Lipinski definition) is 2. The van der Waals surface area contributed by atoms with Crippen molar-refractivity contribution in [3.63, 3.8) is 0 Å². The summed E-state index contributed by atoms with van der Waals surface area (Å²) in [7, 11) is 1.68. The molecule has 0 fully saturated rings. The highest BCUT2D eigenvalue weighted by Crippen LogP contribution is 2.27. The van der Waals surface area contributed by atoms with Crippen LogP contribution in [-0.4, -0.2) is 31.0 Å². The second-order valence-electron chi connectivity index (χ2n) is 8.50. The normalized spacial score (nSPS) is 13.5. The van der Waals surface area contributed by atoms with Crippen molar-refractivity contribution in [3.8, 4) is 11.5 Å². The van der Waals surface area contributed by atoms with E-state index in [0.29, 0.717) is 0 Å². The molecule has 1 atom stereocenters. The lowest BCUT2D eigenvalue weighted by molar-refractivity contribution is 0.182. The van der Waals surface area contributed by atoms with Crippen LogP contribution in [0.1, 0.15) is 84.1 Å². The molecule has 0 aromatic heterocycles. The highest BCUT2D eigenvalue weighted by Gasteiger charge is 2.22. The van der Waals surface area contributed by atoms with E-state index in [1.165, 1.54) is 38.5 Å². The van der Waals surface area contributed by atoms with E-state index < -0.39 is 5.54 Å². The number of unbranched alkanes of at least 4 members (excludes halogenated alkanes) is 5. The Balaban J connectivity index is 2.31. The summed E-state index contributed by atoms with van der Waals surface area (Å²) in [6, 6.07) is 6.02. The van der Waals surface area contributed by atoms with Gasteiger partial charge in [-0.1, -0.05) is 65.4 Å². The van der Waals surface area contributed by atoms with Gasteiger partial charge in [-0.15, -0.1) is 0 Å². The van der Waals surface area contributed by atoms with E-state index in [1.54, 1.807) is 7.11 Å². The molecule has 28 heavy (non-hydrogen) atoms. The molecular weight excluding hydrogens is 350 g/mol. The number of aryl methyl sites for hydroxylation is 1. The number of nitrogens with two attached hydrogens (primary N) is 1. The highest BCUT2D eigenvalue weighted by molar-refractivity contribution is 5.41. The third-order valence-corrected chi connectivity index (χ3v) is 5.61. The lowest BCUT2D eigenvalue weighted by Crippen LogP contribution is -2.43. The Morgan fingerprint density at radius 2 is 1.75 bits per heavy atom. The molecule has 0 aliphatic rings. The van der Waals surface area contributed by atoms with Crippen molar-refractivity contribution in [2.45, 2.75) is 90.5 Å². The Morgan fingerprint density at radius 1 is 1.07 bits per heavy atom. The lowest BCUT2D eigenvalue weighted by atomic mass is 9.90. The molecule has 1 aromatic carbocycles. The summed E-state index contributed by atoms with van der Waals surface area (Å²) >= 11 is 0. The highest BCUT2D eigenvalue weighted by atomic mass is 16.5. The Labute approximate surface area is 172 Å². The molecule has 1 rings (SSSR count). The maximum atomic E-state index is 9.48. The molecule has 0 spiro atoms. The van der Waals surface area contributed by atoms with Crippen LogP contribution in [0, 0.1) is 5.92 Å². The fourth-order valence-electron chi connectivity index (χ4n) is 3.32. The molecule has 3 N–H and O–H groups in total. The molecule has 0 unspecified atom stereocenters. The average Bonchev–Trinajstić information content (AvgIpc) is 2.70. The minimum Gasteiger partial charge on any atom is -0.496 e. The standard InChI is InChI=1S/C24H43NO3/c1-5-24(25,19-26)16-15-21-13-14-22(18-23(21)27-4)28-17-11-9-7-6-8-10-12-20(2)3/h13-14,18,20,26H,5-12,15-17,19,25H2,1-4H3/t24-/m0/s1. The number of ether oxygens (including phenoxy) is 2. The zero-order chi connectivity index (χ0) is 20.8. The third kappa shape index (κ3) is 9.79. The third-order valence-electron chi connectivity index (χ3n) is 5.61. The topological polar surface area (TPSA) is 64.7 Å². The molecular formula is C24H43NO3. The van der Waals surface area contributed by atoms with Crippen molar-refractivity contribution in [1.29, 1.82) is 0 Å². The molecule has 0 heterocycles. The molecule has 4 heteroatoms. The summed E-state index contributed by atoms with van der Waals surface area (Å²) in [5.41, 5.74) is 6.78.